The van der Waals surface area contributed by atoms with Crippen molar-refractivity contribution in [1.29, 1.82) is 0 Å². The molecule has 2 saturated carbocycles. The van der Waals surface area contributed by atoms with Crippen molar-refractivity contribution in [2.45, 2.75) is 70.1 Å². The van der Waals surface area contributed by atoms with Crippen LogP contribution in [0.25, 0.3) is 0 Å². The van der Waals surface area contributed by atoms with Gasteiger partial charge in [-0.25, -0.2) is 0 Å². The molecule has 0 aromatic rings. The minimum absolute atomic E-state index is 0.0451. The maximum Gasteiger partial charge on any atom is 0.245 e. The van der Waals surface area contributed by atoms with Crippen LogP contribution in [0.3, 0.4) is 0 Å². The molecule has 2 amide bonds. The Labute approximate surface area is 114 Å². The minimum Gasteiger partial charge on any atom is -0.391 e. The predicted octanol–water partition coefficient (Wildman–Crippen LogP) is 0.711. The van der Waals surface area contributed by atoms with Gasteiger partial charge in [-0.15, -0.1) is 0 Å². The van der Waals surface area contributed by atoms with E-state index in [0.717, 1.165) is 38.5 Å². The summed E-state index contributed by atoms with van der Waals surface area (Å²) in [5.74, 6) is -0.315. The third kappa shape index (κ3) is 4.20. The van der Waals surface area contributed by atoms with E-state index < -0.39 is 12.1 Å². The molecule has 108 valence electrons. The summed E-state index contributed by atoms with van der Waals surface area (Å²) in [6.45, 7) is 1.54. The van der Waals surface area contributed by atoms with Gasteiger partial charge < -0.3 is 15.7 Å². The second-order valence-corrected chi connectivity index (χ2v) is 5.84. The summed E-state index contributed by atoms with van der Waals surface area (Å²) in [5, 5.41) is 15.3. The van der Waals surface area contributed by atoms with Crippen LogP contribution in [0, 0.1) is 5.92 Å². The molecule has 2 aliphatic carbocycles. The lowest BCUT2D eigenvalue weighted by molar-refractivity contribution is -0.132. The van der Waals surface area contributed by atoms with Crippen LogP contribution in [0.2, 0.25) is 0 Å². The molecular formula is C14H24N2O3. The molecule has 0 saturated heterocycles. The first-order valence-electron chi connectivity index (χ1n) is 7.36. The van der Waals surface area contributed by atoms with E-state index in [0.29, 0.717) is 0 Å². The van der Waals surface area contributed by atoms with Crippen molar-refractivity contribution in [3.63, 3.8) is 0 Å². The van der Waals surface area contributed by atoms with Crippen LogP contribution in [0.1, 0.15) is 51.9 Å². The van der Waals surface area contributed by atoms with Crippen LogP contribution in [-0.2, 0) is 9.59 Å². The molecule has 19 heavy (non-hydrogen) atoms. The van der Waals surface area contributed by atoms with E-state index in [2.05, 4.69) is 10.6 Å². The van der Waals surface area contributed by atoms with Crippen molar-refractivity contribution in [3.05, 3.63) is 0 Å². The number of hydrogen-bond acceptors (Lipinski definition) is 3. The number of hydrogen-bond donors (Lipinski definition) is 3. The van der Waals surface area contributed by atoms with Gasteiger partial charge in [-0.05, 0) is 32.6 Å². The molecule has 2 atom stereocenters. The molecule has 2 fully saturated rings. The number of amides is 2. The number of rotatable bonds is 5. The molecule has 0 bridgehead atoms. The second-order valence-electron chi connectivity index (χ2n) is 5.84. The zero-order chi connectivity index (χ0) is 13.8. The highest BCUT2D eigenvalue weighted by molar-refractivity contribution is 5.89. The Morgan fingerprint density at radius 3 is 2.26 bits per heavy atom. The van der Waals surface area contributed by atoms with E-state index in [4.69, 9.17) is 0 Å². The third-order valence-corrected chi connectivity index (χ3v) is 3.96. The Balaban J connectivity index is 1.85. The Morgan fingerprint density at radius 1 is 1.11 bits per heavy atom. The molecule has 2 aliphatic rings. The molecule has 5 nitrogen and oxygen atoms in total. The maximum atomic E-state index is 12.1. The summed E-state index contributed by atoms with van der Waals surface area (Å²) >= 11 is 0. The van der Waals surface area contributed by atoms with Crippen molar-refractivity contribution in [1.82, 2.24) is 10.6 Å². The first-order valence-corrected chi connectivity index (χ1v) is 7.36. The molecule has 2 unspecified atom stereocenters. The van der Waals surface area contributed by atoms with Gasteiger partial charge >= 0.3 is 0 Å². The Kier molecular flexibility index (Phi) is 4.80. The smallest absolute Gasteiger partial charge is 0.245 e. The average Bonchev–Trinajstić information content (AvgIpc) is 3.20. The summed E-state index contributed by atoms with van der Waals surface area (Å²) in [6.07, 6.45) is 6.41. The van der Waals surface area contributed by atoms with Crippen molar-refractivity contribution < 1.29 is 14.7 Å². The first-order chi connectivity index (χ1) is 9.08. The lowest BCUT2D eigenvalue weighted by Gasteiger charge is -2.27. The lowest BCUT2D eigenvalue weighted by Crippen LogP contribution is -2.55. The van der Waals surface area contributed by atoms with Gasteiger partial charge in [0.2, 0.25) is 11.8 Å². The second kappa shape index (κ2) is 6.37. The molecule has 0 aliphatic heterocycles. The Hall–Kier alpha value is -1.10. The van der Waals surface area contributed by atoms with Crippen molar-refractivity contribution in [2.75, 3.05) is 0 Å². The van der Waals surface area contributed by atoms with E-state index in [9.17, 15) is 14.7 Å². The predicted molar refractivity (Wildman–Crippen MR) is 71.4 cm³/mol. The zero-order valence-electron chi connectivity index (χ0n) is 11.5. The molecule has 5 heteroatoms. The van der Waals surface area contributed by atoms with E-state index in [-0.39, 0.29) is 23.8 Å². The van der Waals surface area contributed by atoms with Crippen LogP contribution < -0.4 is 10.6 Å². The molecule has 0 aromatic carbocycles. The normalized spacial score (nSPS) is 23.5. The number of aliphatic hydroxyl groups is 1. The van der Waals surface area contributed by atoms with Gasteiger partial charge in [0.05, 0.1) is 6.10 Å². The number of aliphatic hydroxyl groups excluding tert-OH is 1. The van der Waals surface area contributed by atoms with E-state index in [1.54, 1.807) is 0 Å². The molecule has 0 radical (unpaired) electrons. The van der Waals surface area contributed by atoms with Crippen LogP contribution in [0.4, 0.5) is 0 Å². The lowest BCUT2D eigenvalue weighted by atomic mass is 9.95. The SMILES string of the molecule is CC(O)C(NC(=O)C1CC1)C(=O)NC1CCCCC1. The van der Waals surface area contributed by atoms with E-state index in [1.807, 2.05) is 0 Å². The monoisotopic (exact) mass is 268 g/mol. The highest BCUT2D eigenvalue weighted by atomic mass is 16.3. The van der Waals surface area contributed by atoms with E-state index >= 15 is 0 Å². The van der Waals surface area contributed by atoms with Crippen LogP contribution >= 0.6 is 0 Å². The van der Waals surface area contributed by atoms with Crippen LogP contribution in [-0.4, -0.2) is 35.1 Å². The molecule has 0 heterocycles. The Morgan fingerprint density at radius 2 is 1.74 bits per heavy atom. The molecule has 0 spiro atoms. The fourth-order valence-electron chi connectivity index (χ4n) is 2.56. The molecule has 3 N–H and O–H groups in total. The van der Waals surface area contributed by atoms with Gasteiger partial charge in [0, 0.05) is 12.0 Å². The van der Waals surface area contributed by atoms with Gasteiger partial charge in [-0.3, -0.25) is 9.59 Å². The summed E-state index contributed by atoms with van der Waals surface area (Å²) in [5.41, 5.74) is 0. The van der Waals surface area contributed by atoms with Crippen LogP contribution in [0.5, 0.6) is 0 Å². The van der Waals surface area contributed by atoms with Gasteiger partial charge in [0.1, 0.15) is 6.04 Å². The molecular weight excluding hydrogens is 244 g/mol. The largest absolute Gasteiger partial charge is 0.391 e. The third-order valence-electron chi connectivity index (χ3n) is 3.96. The standard InChI is InChI=1S/C14H24N2O3/c1-9(17)12(16-13(18)10-7-8-10)14(19)15-11-5-3-2-4-6-11/h9-12,17H,2-8H2,1H3,(H,15,19)(H,16,18). The highest BCUT2D eigenvalue weighted by Crippen LogP contribution is 2.29. The summed E-state index contributed by atoms with van der Waals surface area (Å²) in [6, 6.07) is -0.629. The minimum atomic E-state index is -0.869. The summed E-state index contributed by atoms with van der Waals surface area (Å²) < 4.78 is 0. The quantitative estimate of drug-likeness (QED) is 0.687. The van der Waals surface area contributed by atoms with Crippen LogP contribution in [0.15, 0.2) is 0 Å². The summed E-state index contributed by atoms with van der Waals surface area (Å²) in [4.78, 5) is 23.9. The number of carbonyl (C=O) groups excluding carboxylic acids is 2. The van der Waals surface area contributed by atoms with Crippen molar-refractivity contribution >= 4 is 11.8 Å². The maximum absolute atomic E-state index is 12.1. The number of carbonyl (C=O) groups is 2. The fourth-order valence-corrected chi connectivity index (χ4v) is 2.56. The first kappa shape index (κ1) is 14.3. The van der Waals surface area contributed by atoms with Crippen molar-refractivity contribution in [3.8, 4) is 0 Å². The zero-order valence-corrected chi connectivity index (χ0v) is 11.5. The highest BCUT2D eigenvalue weighted by Gasteiger charge is 2.34. The Bertz CT molecular complexity index is 334. The van der Waals surface area contributed by atoms with Crippen molar-refractivity contribution in [2.24, 2.45) is 5.92 Å². The fraction of sp³-hybridized carbons (Fsp3) is 0.857. The van der Waals surface area contributed by atoms with Gasteiger partial charge in [0.25, 0.3) is 0 Å². The summed E-state index contributed by atoms with van der Waals surface area (Å²) in [7, 11) is 0. The average molecular weight is 268 g/mol. The van der Waals surface area contributed by atoms with Gasteiger partial charge in [0.15, 0.2) is 0 Å². The topological polar surface area (TPSA) is 78.4 Å². The van der Waals surface area contributed by atoms with E-state index in [1.165, 1.54) is 13.3 Å². The van der Waals surface area contributed by atoms with Gasteiger partial charge in [-0.2, -0.15) is 0 Å². The molecule has 0 aromatic heterocycles. The molecule has 2 rings (SSSR count). The number of nitrogens with one attached hydrogen (secondary N) is 2. The van der Waals surface area contributed by atoms with Gasteiger partial charge in [-0.1, -0.05) is 19.3 Å².